The lowest BCUT2D eigenvalue weighted by atomic mass is 10.0. The highest BCUT2D eigenvalue weighted by Crippen LogP contribution is 2.08. The van der Waals surface area contributed by atoms with Crippen LogP contribution in [-0.4, -0.2) is 12.5 Å². The van der Waals surface area contributed by atoms with Gasteiger partial charge in [-0.05, 0) is 12.3 Å². The molecule has 0 radical (unpaired) electrons. The first kappa shape index (κ1) is 13.5. The summed E-state index contributed by atoms with van der Waals surface area (Å²) >= 11 is 0. The summed E-state index contributed by atoms with van der Waals surface area (Å²) in [5.74, 6) is 1.00. The minimum Gasteiger partial charge on any atom is -0.356 e. The van der Waals surface area contributed by atoms with Crippen molar-refractivity contribution in [3.05, 3.63) is 0 Å². The largest absolute Gasteiger partial charge is 0.356 e. The first-order valence-corrected chi connectivity index (χ1v) is 5.93. The summed E-state index contributed by atoms with van der Waals surface area (Å²) in [6.07, 6.45) is 6.95. The molecule has 0 aromatic rings. The molecule has 86 valence electrons. The number of nitrogens with one attached hydrogen (secondary N) is 1. The van der Waals surface area contributed by atoms with Crippen molar-refractivity contribution >= 4 is 5.91 Å². The number of carbonyl (C=O) groups is 1. The normalized spacial score (nSPS) is 10.6. The van der Waals surface area contributed by atoms with Crippen molar-refractivity contribution in [1.29, 1.82) is 0 Å². The van der Waals surface area contributed by atoms with Crippen molar-refractivity contribution in [2.75, 3.05) is 6.54 Å². The quantitative estimate of drug-likeness (QED) is 0.599. The molecule has 1 amide bonds. The van der Waals surface area contributed by atoms with E-state index in [1.165, 1.54) is 25.7 Å². The Labute approximate surface area is 89.9 Å². The molecule has 0 aliphatic rings. The van der Waals surface area contributed by atoms with Gasteiger partial charge in [-0.25, -0.2) is 0 Å². The van der Waals surface area contributed by atoms with Crippen LogP contribution in [0.1, 0.15) is 60.7 Å². The molecule has 0 aliphatic heterocycles. The van der Waals surface area contributed by atoms with E-state index < -0.39 is 0 Å². The number of hydrogen-bond acceptors (Lipinski definition) is 1. The Hall–Kier alpha value is -0.530. The second kappa shape index (κ2) is 9.04. The van der Waals surface area contributed by atoms with Gasteiger partial charge in [0.25, 0.3) is 0 Å². The first-order chi connectivity index (χ1) is 6.66. The number of rotatable bonds is 8. The van der Waals surface area contributed by atoms with Crippen LogP contribution in [0.2, 0.25) is 0 Å². The van der Waals surface area contributed by atoms with Crippen molar-refractivity contribution in [2.24, 2.45) is 5.92 Å². The van der Waals surface area contributed by atoms with Gasteiger partial charge < -0.3 is 5.32 Å². The minimum atomic E-state index is 0. The van der Waals surface area contributed by atoms with Crippen molar-refractivity contribution in [3.8, 4) is 0 Å². The Balaban J connectivity index is 0. The molecule has 0 saturated heterocycles. The maximum Gasteiger partial charge on any atom is 0.219 e. The zero-order valence-electron chi connectivity index (χ0n) is 9.94. The molecule has 0 aromatic heterocycles. The molecule has 0 saturated carbocycles. The molecular weight excluding hydrogens is 174 g/mol. The standard InChI is InChI=1S/C12H25NO.H2/c1-4-12(14)13-10-8-6-5-7-9-11(2)3;/h11H,4-10H2,1-3H3,(H,13,14);1H. The third-order valence-corrected chi connectivity index (χ3v) is 2.35. The lowest BCUT2D eigenvalue weighted by Crippen LogP contribution is -2.23. The van der Waals surface area contributed by atoms with E-state index in [2.05, 4.69) is 19.2 Å². The smallest absolute Gasteiger partial charge is 0.219 e. The van der Waals surface area contributed by atoms with E-state index in [0.717, 1.165) is 18.9 Å². The molecule has 14 heavy (non-hydrogen) atoms. The molecule has 0 spiro atoms. The fourth-order valence-electron chi connectivity index (χ4n) is 1.38. The summed E-state index contributed by atoms with van der Waals surface area (Å²) in [4.78, 5) is 10.9. The Morgan fingerprint density at radius 3 is 2.43 bits per heavy atom. The summed E-state index contributed by atoms with van der Waals surface area (Å²) in [6, 6.07) is 0. The predicted octanol–water partition coefficient (Wildman–Crippen LogP) is 3.37. The van der Waals surface area contributed by atoms with Gasteiger partial charge >= 0.3 is 0 Å². The molecule has 0 heterocycles. The van der Waals surface area contributed by atoms with Crippen LogP contribution in [0.5, 0.6) is 0 Å². The van der Waals surface area contributed by atoms with Gasteiger partial charge in [-0.15, -0.1) is 0 Å². The lowest BCUT2D eigenvalue weighted by molar-refractivity contribution is -0.120. The average molecular weight is 201 g/mol. The van der Waals surface area contributed by atoms with Crippen LogP contribution in [0.3, 0.4) is 0 Å². The summed E-state index contributed by atoms with van der Waals surface area (Å²) in [6.45, 7) is 7.27. The number of carbonyl (C=O) groups excluding carboxylic acids is 1. The van der Waals surface area contributed by atoms with E-state index in [-0.39, 0.29) is 7.33 Å². The number of hydrogen-bond donors (Lipinski definition) is 1. The summed E-state index contributed by atoms with van der Waals surface area (Å²) in [7, 11) is 0. The van der Waals surface area contributed by atoms with Gasteiger partial charge in [-0.2, -0.15) is 0 Å². The summed E-state index contributed by atoms with van der Waals surface area (Å²) < 4.78 is 0. The highest BCUT2D eigenvalue weighted by molar-refractivity contribution is 5.75. The van der Waals surface area contributed by atoms with Gasteiger partial charge in [0, 0.05) is 14.4 Å². The van der Waals surface area contributed by atoms with Crippen LogP contribution in [0.25, 0.3) is 0 Å². The van der Waals surface area contributed by atoms with Gasteiger partial charge in [0.15, 0.2) is 0 Å². The molecular formula is C12H27NO. The molecule has 0 bridgehead atoms. The van der Waals surface area contributed by atoms with Crippen LogP contribution in [0.4, 0.5) is 0 Å². The van der Waals surface area contributed by atoms with E-state index in [1.54, 1.807) is 0 Å². The van der Waals surface area contributed by atoms with Gasteiger partial charge in [0.1, 0.15) is 0 Å². The fraction of sp³-hybridized carbons (Fsp3) is 0.917. The lowest BCUT2D eigenvalue weighted by Gasteiger charge is -2.05. The highest BCUT2D eigenvalue weighted by Gasteiger charge is 1.96. The highest BCUT2D eigenvalue weighted by atomic mass is 16.1. The molecule has 0 unspecified atom stereocenters. The van der Waals surface area contributed by atoms with E-state index >= 15 is 0 Å². The molecule has 0 aliphatic carbocycles. The van der Waals surface area contributed by atoms with Gasteiger partial charge in [0.2, 0.25) is 5.91 Å². The fourth-order valence-corrected chi connectivity index (χ4v) is 1.38. The van der Waals surface area contributed by atoms with Crippen LogP contribution in [-0.2, 0) is 4.79 Å². The first-order valence-electron chi connectivity index (χ1n) is 5.93. The van der Waals surface area contributed by atoms with Crippen molar-refractivity contribution in [2.45, 2.75) is 59.3 Å². The molecule has 2 heteroatoms. The zero-order chi connectivity index (χ0) is 10.8. The van der Waals surface area contributed by atoms with E-state index in [9.17, 15) is 4.79 Å². The maximum atomic E-state index is 10.9. The maximum absolute atomic E-state index is 10.9. The molecule has 0 rings (SSSR count). The van der Waals surface area contributed by atoms with Crippen LogP contribution < -0.4 is 5.32 Å². The molecule has 1 N–H and O–H groups in total. The van der Waals surface area contributed by atoms with Crippen LogP contribution >= 0.6 is 0 Å². The van der Waals surface area contributed by atoms with Gasteiger partial charge in [-0.1, -0.05) is 46.5 Å². The molecule has 0 atom stereocenters. The van der Waals surface area contributed by atoms with Crippen molar-refractivity contribution < 1.29 is 6.22 Å². The zero-order valence-corrected chi connectivity index (χ0v) is 9.94. The second-order valence-corrected chi connectivity index (χ2v) is 4.30. The van der Waals surface area contributed by atoms with E-state index in [1.807, 2.05) is 6.92 Å². The topological polar surface area (TPSA) is 29.1 Å². The van der Waals surface area contributed by atoms with Gasteiger partial charge in [0.05, 0.1) is 0 Å². The van der Waals surface area contributed by atoms with E-state index in [4.69, 9.17) is 0 Å². The Morgan fingerprint density at radius 2 is 1.86 bits per heavy atom. The molecule has 2 nitrogen and oxygen atoms in total. The van der Waals surface area contributed by atoms with E-state index in [0.29, 0.717) is 6.42 Å². The summed E-state index contributed by atoms with van der Waals surface area (Å²) in [5, 5.41) is 2.89. The Kier molecular flexibility index (Phi) is 8.70. The van der Waals surface area contributed by atoms with Crippen molar-refractivity contribution in [1.82, 2.24) is 5.32 Å². The monoisotopic (exact) mass is 201 g/mol. The second-order valence-electron chi connectivity index (χ2n) is 4.30. The van der Waals surface area contributed by atoms with Crippen LogP contribution in [0.15, 0.2) is 0 Å². The Morgan fingerprint density at radius 1 is 1.21 bits per heavy atom. The molecule has 0 fully saturated rings. The number of amides is 1. The van der Waals surface area contributed by atoms with Crippen LogP contribution in [0, 0.1) is 5.92 Å². The third kappa shape index (κ3) is 9.56. The minimum absolute atomic E-state index is 0. The molecule has 0 aromatic carbocycles. The SMILES string of the molecule is CCC(=O)NCCCCCCC(C)C.[HH]. The van der Waals surface area contributed by atoms with Crippen molar-refractivity contribution in [3.63, 3.8) is 0 Å². The van der Waals surface area contributed by atoms with Gasteiger partial charge in [-0.3, -0.25) is 4.79 Å². The third-order valence-electron chi connectivity index (χ3n) is 2.35. The number of unbranched alkanes of at least 4 members (excludes halogenated alkanes) is 3. The predicted molar refractivity (Wildman–Crippen MR) is 63.3 cm³/mol. The Bertz CT molecular complexity index is 149. The summed E-state index contributed by atoms with van der Waals surface area (Å²) in [5.41, 5.74) is 0. The average Bonchev–Trinajstić information content (AvgIpc) is 2.15.